The number of aliphatic hydroxyl groups is 12. The lowest BCUT2D eigenvalue weighted by atomic mass is 9.33. The first-order chi connectivity index (χ1) is 41.6. The Balaban J connectivity index is 1.07. The molecule has 4 aliphatic heterocycles. The van der Waals surface area contributed by atoms with Crippen LogP contribution in [0.15, 0.2) is 23.3 Å². The molecule has 0 aromatic heterocycles. The van der Waals surface area contributed by atoms with Crippen molar-refractivity contribution in [3.8, 4) is 0 Å². The van der Waals surface area contributed by atoms with E-state index < -0.39 is 230 Å². The van der Waals surface area contributed by atoms with Crippen molar-refractivity contribution in [3.63, 3.8) is 0 Å². The van der Waals surface area contributed by atoms with E-state index in [9.17, 15) is 85.6 Å². The number of carboxylic acid groups (broad SMARTS) is 1. The Morgan fingerprint density at radius 2 is 1.22 bits per heavy atom. The largest absolute Gasteiger partial charge is 0.479 e. The first kappa shape index (κ1) is 69.9. The lowest BCUT2D eigenvalue weighted by Crippen LogP contribution is -2.73. The SMILES string of the molecule is CC=C(C)C(=O)O[C@H]1[C@H](OC(C)=O)[C@]2(CO)[C@H](OC(C)=O)C[C@]3(C)C(=CC[C@@H]4[C@@]5(C)CC[C@H](O[C@@H]6O[C@H](C(=O)O)[C@@H](O)[C@H](O[C@@H]7OC[C@H](O)[C@H](O)[C@H]7O[C@@H]7OC[C@@H](O)[C@H](O)[C@H]7O)[C@H]6O[C@@H]6O[C@H](CO)[C@H](O)[C@H](O)[C@H]6O)[C@@](C)(CO)[C@@H]5CC[C@]43C)[C@@H]2CC1(C)C. The highest BCUT2D eigenvalue weighted by Crippen LogP contribution is 2.76. The van der Waals surface area contributed by atoms with Crippen LogP contribution in [0.1, 0.15) is 114 Å². The van der Waals surface area contributed by atoms with Crippen molar-refractivity contribution in [2.45, 2.75) is 249 Å². The van der Waals surface area contributed by atoms with Gasteiger partial charge in [-0.3, -0.25) is 9.59 Å². The molecule has 0 aromatic rings. The number of hydrogen-bond acceptors (Lipinski definition) is 27. The molecule has 4 saturated heterocycles. The molecule has 28 heteroatoms. The summed E-state index contributed by atoms with van der Waals surface area (Å²) in [4.78, 5) is 53.5. The van der Waals surface area contributed by atoms with Gasteiger partial charge in [0.15, 0.2) is 37.4 Å². The summed E-state index contributed by atoms with van der Waals surface area (Å²) in [6, 6.07) is 0. The van der Waals surface area contributed by atoms with Gasteiger partial charge < -0.3 is 118 Å². The minimum atomic E-state index is -2.27. The number of allylic oxidation sites excluding steroid dienone is 3. The fourth-order valence-electron chi connectivity index (χ4n) is 17.5. The predicted octanol–water partition coefficient (Wildman–Crippen LogP) is -1.65. The number of rotatable bonds is 16. The second-order valence-corrected chi connectivity index (χ2v) is 28.0. The van der Waals surface area contributed by atoms with E-state index in [1.165, 1.54) is 13.8 Å². The van der Waals surface area contributed by atoms with Crippen molar-refractivity contribution in [1.29, 1.82) is 0 Å². The molecule has 89 heavy (non-hydrogen) atoms. The summed E-state index contributed by atoms with van der Waals surface area (Å²) in [5, 5.41) is 143. The van der Waals surface area contributed by atoms with Gasteiger partial charge >= 0.3 is 23.9 Å². The number of aliphatic hydroxyl groups excluding tert-OH is 12. The van der Waals surface area contributed by atoms with Crippen molar-refractivity contribution < 1.29 is 138 Å². The van der Waals surface area contributed by atoms with Crippen molar-refractivity contribution in [1.82, 2.24) is 0 Å². The molecule has 0 radical (unpaired) electrons. The van der Waals surface area contributed by atoms with Crippen molar-refractivity contribution in [2.24, 2.45) is 50.2 Å². The normalized spacial score (nSPS) is 49.8. The number of ether oxygens (including phenoxy) is 11. The van der Waals surface area contributed by atoms with E-state index in [4.69, 9.17) is 52.1 Å². The van der Waals surface area contributed by atoms with E-state index >= 15 is 0 Å². The second kappa shape index (κ2) is 26.0. The summed E-state index contributed by atoms with van der Waals surface area (Å²) >= 11 is 0. The molecule has 9 aliphatic rings. The quantitative estimate of drug-likeness (QED) is 0.0271. The summed E-state index contributed by atoms with van der Waals surface area (Å²) in [7, 11) is 0. The van der Waals surface area contributed by atoms with Crippen molar-refractivity contribution in [2.75, 3.05) is 33.0 Å². The van der Waals surface area contributed by atoms with Crippen LogP contribution in [0.2, 0.25) is 0 Å². The Bertz CT molecular complexity index is 2640. The van der Waals surface area contributed by atoms with Crippen LogP contribution in [0, 0.1) is 50.2 Å². The average Bonchev–Trinajstić information content (AvgIpc) is 0.669. The molecular weight excluding hydrogens is 1180 g/mol. The molecule has 0 aromatic carbocycles. The summed E-state index contributed by atoms with van der Waals surface area (Å²) in [5.41, 5.74) is -4.23. The van der Waals surface area contributed by atoms with Crippen molar-refractivity contribution >= 4 is 23.9 Å². The Kier molecular flexibility index (Phi) is 20.5. The highest BCUT2D eigenvalue weighted by molar-refractivity contribution is 5.87. The van der Waals surface area contributed by atoms with Gasteiger partial charge in [0.1, 0.15) is 91.6 Å². The van der Waals surface area contributed by atoms with Gasteiger partial charge in [0.05, 0.1) is 44.6 Å². The van der Waals surface area contributed by atoms with E-state index in [0.717, 1.165) is 5.57 Å². The van der Waals surface area contributed by atoms with E-state index in [1.54, 1.807) is 19.9 Å². The molecule has 0 spiro atoms. The molecule has 0 bridgehead atoms. The predicted molar refractivity (Wildman–Crippen MR) is 299 cm³/mol. The Morgan fingerprint density at radius 3 is 1.83 bits per heavy atom. The molecule has 8 fully saturated rings. The first-order valence-electron chi connectivity index (χ1n) is 30.9. The van der Waals surface area contributed by atoms with Gasteiger partial charge in [-0.1, -0.05) is 59.3 Å². The number of carbonyl (C=O) groups excluding carboxylic acids is 3. The minimum Gasteiger partial charge on any atom is -0.479 e. The fraction of sp³-hybridized carbons (Fsp3) is 0.869. The first-order valence-corrected chi connectivity index (χ1v) is 30.9. The molecule has 30 atom stereocenters. The number of hydrogen-bond donors (Lipinski definition) is 13. The summed E-state index contributed by atoms with van der Waals surface area (Å²) in [6.07, 6.45) is -32.6. The van der Waals surface area contributed by atoms with Crippen LogP contribution in [0.3, 0.4) is 0 Å². The molecule has 13 N–H and O–H groups in total. The number of carboxylic acids is 1. The molecule has 5 aliphatic carbocycles. The van der Waals surface area contributed by atoms with Gasteiger partial charge in [0.25, 0.3) is 0 Å². The fourth-order valence-corrected chi connectivity index (χ4v) is 17.5. The maximum atomic E-state index is 13.6. The summed E-state index contributed by atoms with van der Waals surface area (Å²) in [6.45, 7) is 14.8. The van der Waals surface area contributed by atoms with Gasteiger partial charge in [0, 0.05) is 30.3 Å². The van der Waals surface area contributed by atoms with Crippen LogP contribution in [0.5, 0.6) is 0 Å². The molecule has 0 unspecified atom stereocenters. The van der Waals surface area contributed by atoms with Crippen LogP contribution in [0.4, 0.5) is 0 Å². The smallest absolute Gasteiger partial charge is 0.335 e. The van der Waals surface area contributed by atoms with Crippen LogP contribution in [-0.4, -0.2) is 258 Å². The van der Waals surface area contributed by atoms with E-state index in [0.29, 0.717) is 37.7 Å². The maximum Gasteiger partial charge on any atom is 0.335 e. The Morgan fingerprint density at radius 1 is 0.607 bits per heavy atom. The third-order valence-corrected chi connectivity index (χ3v) is 22.7. The van der Waals surface area contributed by atoms with E-state index in [1.807, 2.05) is 20.8 Å². The lowest BCUT2D eigenvalue weighted by Gasteiger charge is -2.72. The zero-order valence-corrected chi connectivity index (χ0v) is 52.0. The third kappa shape index (κ3) is 11.8. The van der Waals surface area contributed by atoms with E-state index in [2.05, 4.69) is 26.8 Å². The van der Waals surface area contributed by atoms with Gasteiger partial charge in [-0.15, -0.1) is 0 Å². The lowest BCUT2D eigenvalue weighted by molar-refractivity contribution is -0.400. The van der Waals surface area contributed by atoms with Crippen LogP contribution < -0.4 is 0 Å². The Hall–Kier alpha value is -3.44. The number of aliphatic carboxylic acids is 1. The minimum absolute atomic E-state index is 0.155. The molecule has 28 nitrogen and oxygen atoms in total. The highest BCUT2D eigenvalue weighted by Gasteiger charge is 2.75. The molecule has 4 heterocycles. The second-order valence-electron chi connectivity index (χ2n) is 28.0. The molecule has 506 valence electrons. The van der Waals surface area contributed by atoms with Crippen LogP contribution in [-0.2, 0) is 71.3 Å². The molecule has 9 rings (SSSR count). The van der Waals surface area contributed by atoms with Crippen LogP contribution in [0.25, 0.3) is 0 Å². The number of esters is 3. The van der Waals surface area contributed by atoms with Crippen LogP contribution >= 0.6 is 0 Å². The number of carbonyl (C=O) groups is 4. The van der Waals surface area contributed by atoms with E-state index in [-0.39, 0.29) is 24.7 Å². The van der Waals surface area contributed by atoms with Crippen molar-refractivity contribution in [3.05, 3.63) is 23.3 Å². The third-order valence-electron chi connectivity index (χ3n) is 22.7. The Labute approximate surface area is 515 Å². The maximum absolute atomic E-state index is 13.6. The van der Waals surface area contributed by atoms with Gasteiger partial charge in [-0.05, 0) is 92.8 Å². The zero-order valence-electron chi connectivity index (χ0n) is 52.0. The number of fused-ring (bicyclic) bond motifs is 7. The summed E-state index contributed by atoms with van der Waals surface area (Å²) < 4.78 is 67.3. The van der Waals surface area contributed by atoms with Gasteiger partial charge in [-0.25, -0.2) is 9.59 Å². The highest BCUT2D eigenvalue weighted by atomic mass is 16.8. The summed E-state index contributed by atoms with van der Waals surface area (Å²) in [5.74, 6) is -4.80. The molecule has 0 amide bonds. The standard InChI is InChI=1S/C61H94O28/c1-11-25(2)51(78)89-48-49(82-27(4)66)61(24-64)29(18-56(48,5)6)28-12-13-34-57(7)16-15-35(58(8,23-63)33(57)14-17-59(34,9)60(28,10)19-36(61)81-26(3)65)84-55-47(88-53-42(74)40(72)39(71)32(20-62)83-53)44(43(75)45(86-55)50(76)77)85-54-46(38(70)31(68)22-80-54)87-52-41(73)37(69)30(67)21-79-52/h11-12,29-49,52-55,62-64,67-75H,13-24H2,1-10H3,(H,76,77)/t29-,30+,31-,32+,33+,34+,35-,36+,37-,38-,39-,40-,41+,42+,43-,44-,45-,46+,47+,48-,49-,52-,53-,54-,55+,57-,58-,59+,60+,61-/m0/s1. The van der Waals surface area contributed by atoms with Gasteiger partial charge in [-0.2, -0.15) is 0 Å². The zero-order chi connectivity index (χ0) is 65.6. The monoisotopic (exact) mass is 1270 g/mol. The molecular formula is C61H94O28. The topological polar surface area (TPSA) is 433 Å². The molecule has 4 saturated carbocycles. The van der Waals surface area contributed by atoms with Gasteiger partial charge in [0.2, 0.25) is 0 Å². The average molecular weight is 1280 g/mol.